The second kappa shape index (κ2) is 12.1. The molecule has 1 unspecified atom stereocenters. The van der Waals surface area contributed by atoms with Crippen molar-refractivity contribution >= 4 is 12.1 Å². The molecular formula is C16H27NO4. The van der Waals surface area contributed by atoms with E-state index in [9.17, 15) is 9.59 Å². The molecule has 21 heavy (non-hydrogen) atoms. The van der Waals surface area contributed by atoms with Gasteiger partial charge in [-0.1, -0.05) is 52.4 Å². The molecule has 0 aliphatic heterocycles. The number of alkyl carbamates (subject to hydrolysis) is 1. The first-order valence-corrected chi connectivity index (χ1v) is 7.54. The molecule has 0 spiro atoms. The van der Waals surface area contributed by atoms with Crippen LogP contribution in [0, 0.1) is 18.3 Å². The Morgan fingerprint density at radius 2 is 1.90 bits per heavy atom. The highest BCUT2D eigenvalue weighted by molar-refractivity contribution is 5.81. The largest absolute Gasteiger partial charge is 0.464 e. The first kappa shape index (κ1) is 19.3. The van der Waals surface area contributed by atoms with Crippen molar-refractivity contribution in [1.82, 2.24) is 5.32 Å². The number of esters is 1. The quantitative estimate of drug-likeness (QED) is 0.382. The van der Waals surface area contributed by atoms with E-state index in [1.807, 2.05) is 13.8 Å². The molecule has 0 saturated heterocycles. The Hall–Kier alpha value is -1.70. The lowest BCUT2D eigenvalue weighted by molar-refractivity contribution is -0.147. The van der Waals surface area contributed by atoms with Crippen LogP contribution in [-0.4, -0.2) is 31.3 Å². The molecule has 0 aliphatic rings. The molecular weight excluding hydrogens is 270 g/mol. The van der Waals surface area contributed by atoms with E-state index in [-0.39, 0.29) is 12.5 Å². The molecule has 0 aromatic carbocycles. The zero-order valence-corrected chi connectivity index (χ0v) is 13.3. The van der Waals surface area contributed by atoms with Crippen molar-refractivity contribution in [3.63, 3.8) is 0 Å². The van der Waals surface area contributed by atoms with Crippen LogP contribution in [0.3, 0.4) is 0 Å². The van der Waals surface area contributed by atoms with Crippen molar-refractivity contribution in [2.75, 3.05) is 13.2 Å². The predicted octanol–water partition coefficient (Wildman–Crippen LogP) is 2.88. The zero-order valence-electron chi connectivity index (χ0n) is 13.3. The minimum absolute atomic E-state index is 0.116. The van der Waals surface area contributed by atoms with Crippen molar-refractivity contribution in [2.45, 2.75) is 58.9 Å². The summed E-state index contributed by atoms with van der Waals surface area (Å²) < 4.78 is 9.91. The number of hydrogen-bond donors (Lipinski definition) is 1. The van der Waals surface area contributed by atoms with Crippen molar-refractivity contribution in [2.24, 2.45) is 5.92 Å². The molecule has 0 rings (SSSR count). The molecule has 0 aliphatic carbocycles. The third kappa shape index (κ3) is 10.7. The van der Waals surface area contributed by atoms with Gasteiger partial charge in [-0.2, -0.15) is 0 Å². The fourth-order valence-corrected chi connectivity index (χ4v) is 1.66. The van der Waals surface area contributed by atoms with Crippen LogP contribution in [-0.2, 0) is 14.3 Å². The third-order valence-corrected chi connectivity index (χ3v) is 2.77. The average molecular weight is 297 g/mol. The topological polar surface area (TPSA) is 64.6 Å². The molecule has 5 heteroatoms. The van der Waals surface area contributed by atoms with E-state index in [1.54, 1.807) is 0 Å². The van der Waals surface area contributed by atoms with Gasteiger partial charge < -0.3 is 14.8 Å². The molecule has 0 saturated carbocycles. The van der Waals surface area contributed by atoms with Crippen LogP contribution < -0.4 is 5.32 Å². The van der Waals surface area contributed by atoms with Gasteiger partial charge in [0.15, 0.2) is 6.61 Å². The summed E-state index contributed by atoms with van der Waals surface area (Å²) in [6, 6.07) is -0.675. The molecule has 1 atom stereocenters. The molecule has 0 heterocycles. The van der Waals surface area contributed by atoms with Crippen molar-refractivity contribution < 1.29 is 19.1 Å². The van der Waals surface area contributed by atoms with Crippen LogP contribution in [0.4, 0.5) is 4.79 Å². The van der Waals surface area contributed by atoms with Gasteiger partial charge in [-0.3, -0.25) is 0 Å². The van der Waals surface area contributed by atoms with E-state index in [4.69, 9.17) is 15.9 Å². The molecule has 120 valence electrons. The van der Waals surface area contributed by atoms with Crippen LogP contribution in [0.15, 0.2) is 0 Å². The monoisotopic (exact) mass is 297 g/mol. The molecule has 0 aromatic heterocycles. The van der Waals surface area contributed by atoms with Gasteiger partial charge in [0, 0.05) is 0 Å². The van der Waals surface area contributed by atoms with Crippen LogP contribution in [0.25, 0.3) is 0 Å². The van der Waals surface area contributed by atoms with Crippen LogP contribution >= 0.6 is 0 Å². The van der Waals surface area contributed by atoms with Gasteiger partial charge in [0.1, 0.15) is 6.04 Å². The summed E-state index contributed by atoms with van der Waals surface area (Å²) in [5, 5.41) is 2.52. The van der Waals surface area contributed by atoms with E-state index in [0.717, 1.165) is 25.7 Å². The molecule has 5 nitrogen and oxygen atoms in total. The third-order valence-electron chi connectivity index (χ3n) is 2.77. The van der Waals surface area contributed by atoms with E-state index in [1.165, 1.54) is 0 Å². The van der Waals surface area contributed by atoms with Gasteiger partial charge >= 0.3 is 12.1 Å². The Morgan fingerprint density at radius 1 is 1.19 bits per heavy atom. The summed E-state index contributed by atoms with van der Waals surface area (Å²) >= 11 is 0. The highest BCUT2D eigenvalue weighted by Gasteiger charge is 2.22. The Kier molecular flexibility index (Phi) is 11.1. The summed E-state index contributed by atoms with van der Waals surface area (Å²) in [7, 11) is 0. The van der Waals surface area contributed by atoms with E-state index >= 15 is 0 Å². The van der Waals surface area contributed by atoms with E-state index < -0.39 is 18.1 Å². The number of rotatable bonds is 10. The standard InChI is InChI=1S/C16H27NO4/c1-5-7-8-9-10-14(15(18)21-12-13(3)4)17-16(19)20-11-6-2/h2,13-14H,5,7-12H2,1,3-4H3,(H,17,19). The molecule has 1 N–H and O–H groups in total. The maximum absolute atomic E-state index is 12.0. The lowest BCUT2D eigenvalue weighted by atomic mass is 10.1. The number of terminal acetylenes is 1. The number of ether oxygens (including phenoxy) is 2. The van der Waals surface area contributed by atoms with Crippen LogP contribution in [0.5, 0.6) is 0 Å². The summed E-state index contributed by atoms with van der Waals surface area (Å²) in [6.07, 6.45) is 8.96. The Bertz CT molecular complexity index is 347. The predicted molar refractivity (Wildman–Crippen MR) is 81.7 cm³/mol. The lowest BCUT2D eigenvalue weighted by Crippen LogP contribution is -2.42. The molecule has 0 aromatic rings. The zero-order chi connectivity index (χ0) is 16.1. The smallest absolute Gasteiger partial charge is 0.408 e. The maximum atomic E-state index is 12.0. The van der Waals surface area contributed by atoms with Gasteiger partial charge in [0.05, 0.1) is 6.61 Å². The van der Waals surface area contributed by atoms with E-state index in [0.29, 0.717) is 13.0 Å². The Labute approximate surface area is 127 Å². The Balaban J connectivity index is 4.35. The molecule has 0 radical (unpaired) electrons. The van der Waals surface area contributed by atoms with Gasteiger partial charge in [0.2, 0.25) is 0 Å². The molecule has 0 bridgehead atoms. The SMILES string of the molecule is C#CCOC(=O)NC(CCCCCC)C(=O)OCC(C)C. The fraction of sp³-hybridized carbons (Fsp3) is 0.750. The van der Waals surface area contributed by atoms with Gasteiger partial charge in [-0.25, -0.2) is 9.59 Å². The summed E-state index contributed by atoms with van der Waals surface area (Å²) in [4.78, 5) is 23.5. The number of hydrogen-bond acceptors (Lipinski definition) is 4. The highest BCUT2D eigenvalue weighted by atomic mass is 16.6. The minimum atomic E-state index is -0.685. The minimum Gasteiger partial charge on any atom is -0.464 e. The number of carbonyl (C=O) groups excluding carboxylic acids is 2. The van der Waals surface area contributed by atoms with Crippen molar-refractivity contribution in [3.05, 3.63) is 0 Å². The number of nitrogens with one attached hydrogen (secondary N) is 1. The lowest BCUT2D eigenvalue weighted by Gasteiger charge is -2.18. The Morgan fingerprint density at radius 3 is 2.48 bits per heavy atom. The van der Waals surface area contributed by atoms with Gasteiger partial charge in [-0.05, 0) is 12.3 Å². The second-order valence-corrected chi connectivity index (χ2v) is 5.35. The van der Waals surface area contributed by atoms with Gasteiger partial charge in [-0.15, -0.1) is 6.42 Å². The average Bonchev–Trinajstić information content (AvgIpc) is 2.45. The molecule has 0 fully saturated rings. The van der Waals surface area contributed by atoms with Crippen molar-refractivity contribution in [3.8, 4) is 12.3 Å². The summed E-state index contributed by atoms with van der Waals surface area (Å²) in [5.74, 6) is 2.04. The summed E-state index contributed by atoms with van der Waals surface area (Å²) in [5.41, 5.74) is 0. The highest BCUT2D eigenvalue weighted by Crippen LogP contribution is 2.08. The van der Waals surface area contributed by atoms with Crippen LogP contribution in [0.1, 0.15) is 52.9 Å². The van der Waals surface area contributed by atoms with E-state index in [2.05, 4.69) is 18.2 Å². The fourth-order valence-electron chi connectivity index (χ4n) is 1.66. The first-order chi connectivity index (χ1) is 10.0. The molecule has 1 amide bonds. The summed E-state index contributed by atoms with van der Waals surface area (Å²) in [6.45, 7) is 6.25. The normalized spacial score (nSPS) is 11.6. The first-order valence-electron chi connectivity index (χ1n) is 7.54. The van der Waals surface area contributed by atoms with Crippen LogP contribution in [0.2, 0.25) is 0 Å². The van der Waals surface area contributed by atoms with Gasteiger partial charge in [0.25, 0.3) is 0 Å². The maximum Gasteiger partial charge on any atom is 0.408 e. The number of carbonyl (C=O) groups is 2. The second-order valence-electron chi connectivity index (χ2n) is 5.35. The number of unbranched alkanes of at least 4 members (excludes halogenated alkanes) is 3. The number of amides is 1. The van der Waals surface area contributed by atoms with Crippen molar-refractivity contribution in [1.29, 1.82) is 0 Å².